The molecule has 0 aliphatic heterocycles. The summed E-state index contributed by atoms with van der Waals surface area (Å²) in [5, 5.41) is 26.1. The number of H-pyrrole nitrogens is 2. The van der Waals surface area contributed by atoms with Gasteiger partial charge in [-0.3, -0.25) is 24.0 Å². The van der Waals surface area contributed by atoms with Gasteiger partial charge < -0.3 is 41.9 Å². The van der Waals surface area contributed by atoms with Crippen LogP contribution in [0.4, 0.5) is 0 Å². The number of hydrogen-bond acceptors (Lipinski definition) is 7. The lowest BCUT2D eigenvalue weighted by Crippen LogP contribution is -2.58. The molecule has 9 N–H and O–H groups in total. The number of carboxylic acid groups (broad SMARTS) is 2. The molecule has 14 nitrogen and oxygen atoms in total. The van der Waals surface area contributed by atoms with Crippen molar-refractivity contribution >= 4 is 40.6 Å². The molecule has 4 unspecified atom stereocenters. The molecule has 202 valence electrons. The highest BCUT2D eigenvalue weighted by atomic mass is 16.4. The largest absolute Gasteiger partial charge is 0.481 e. The number of amides is 3. The molecule has 0 radical (unpaired) electrons. The van der Waals surface area contributed by atoms with Gasteiger partial charge in [-0.15, -0.1) is 0 Å². The number of nitrogens with two attached hydrogens (primary N) is 1. The van der Waals surface area contributed by atoms with E-state index < -0.39 is 60.2 Å². The highest BCUT2D eigenvalue weighted by Gasteiger charge is 2.31. The zero-order valence-corrected chi connectivity index (χ0v) is 20.4. The van der Waals surface area contributed by atoms with E-state index in [0.717, 1.165) is 16.5 Å². The molecule has 0 spiro atoms. The Labute approximate surface area is 216 Å². The molecular weight excluding hydrogens is 498 g/mol. The average Bonchev–Trinajstić information content (AvgIpc) is 3.52. The van der Waals surface area contributed by atoms with E-state index in [4.69, 9.17) is 10.8 Å². The van der Waals surface area contributed by atoms with Crippen LogP contribution in [0.25, 0.3) is 10.9 Å². The third-order valence-electron chi connectivity index (χ3n) is 5.80. The Morgan fingerprint density at radius 3 is 2.29 bits per heavy atom. The van der Waals surface area contributed by atoms with E-state index in [1.54, 1.807) is 6.20 Å². The van der Waals surface area contributed by atoms with Crippen LogP contribution >= 0.6 is 0 Å². The van der Waals surface area contributed by atoms with Crippen molar-refractivity contribution in [2.24, 2.45) is 5.73 Å². The van der Waals surface area contributed by atoms with Gasteiger partial charge in [0, 0.05) is 35.4 Å². The van der Waals surface area contributed by atoms with Gasteiger partial charge in [-0.05, 0) is 25.0 Å². The molecule has 1 aromatic carbocycles. The molecule has 2 heterocycles. The van der Waals surface area contributed by atoms with Crippen LogP contribution in [0.15, 0.2) is 43.0 Å². The first kappa shape index (κ1) is 27.9. The van der Waals surface area contributed by atoms with E-state index in [1.807, 2.05) is 24.3 Å². The van der Waals surface area contributed by atoms with E-state index in [1.165, 1.54) is 19.4 Å². The number of para-hydroxylation sites is 1. The Kier molecular flexibility index (Phi) is 9.16. The van der Waals surface area contributed by atoms with Gasteiger partial charge >= 0.3 is 11.9 Å². The number of aliphatic carboxylic acids is 2. The Morgan fingerprint density at radius 1 is 0.947 bits per heavy atom. The summed E-state index contributed by atoms with van der Waals surface area (Å²) in [4.78, 5) is 70.8. The number of imidazole rings is 1. The molecule has 0 fully saturated rings. The predicted molar refractivity (Wildman–Crippen MR) is 134 cm³/mol. The third kappa shape index (κ3) is 7.39. The first-order valence-corrected chi connectivity index (χ1v) is 11.7. The lowest BCUT2D eigenvalue weighted by Gasteiger charge is -2.24. The predicted octanol–water partition coefficient (Wildman–Crippen LogP) is -0.963. The highest BCUT2D eigenvalue weighted by molar-refractivity contribution is 5.96. The molecule has 3 aromatic rings. The van der Waals surface area contributed by atoms with Gasteiger partial charge in [0.2, 0.25) is 17.7 Å². The first-order chi connectivity index (χ1) is 18.0. The van der Waals surface area contributed by atoms with Crippen LogP contribution in [0, 0.1) is 0 Å². The summed E-state index contributed by atoms with van der Waals surface area (Å²) in [6.07, 6.45) is 3.86. The Hall–Kier alpha value is -4.72. The van der Waals surface area contributed by atoms with Crippen LogP contribution in [0.5, 0.6) is 0 Å². The second-order valence-electron chi connectivity index (χ2n) is 8.74. The summed E-state index contributed by atoms with van der Waals surface area (Å²) in [5.74, 6) is -5.25. The van der Waals surface area contributed by atoms with Gasteiger partial charge in [-0.1, -0.05) is 18.2 Å². The normalized spacial score (nSPS) is 14.2. The van der Waals surface area contributed by atoms with Crippen molar-refractivity contribution in [3.8, 4) is 0 Å². The van der Waals surface area contributed by atoms with Gasteiger partial charge in [-0.25, -0.2) is 4.98 Å². The quantitative estimate of drug-likeness (QED) is 0.136. The van der Waals surface area contributed by atoms with Crippen molar-refractivity contribution in [3.05, 3.63) is 54.2 Å². The number of aromatic nitrogens is 3. The molecule has 0 aliphatic rings. The monoisotopic (exact) mass is 527 g/mol. The molecular formula is C24H29N7O7. The number of hydrogen-bond donors (Lipinski definition) is 8. The summed E-state index contributed by atoms with van der Waals surface area (Å²) in [5.41, 5.74) is 8.32. The lowest BCUT2D eigenvalue weighted by molar-refractivity contribution is -0.143. The molecule has 4 atom stereocenters. The summed E-state index contributed by atoms with van der Waals surface area (Å²) >= 11 is 0. The summed E-state index contributed by atoms with van der Waals surface area (Å²) in [6, 6.07) is 2.31. The first-order valence-electron chi connectivity index (χ1n) is 11.7. The van der Waals surface area contributed by atoms with Gasteiger partial charge in [0.25, 0.3) is 0 Å². The van der Waals surface area contributed by atoms with E-state index in [-0.39, 0.29) is 12.8 Å². The van der Waals surface area contributed by atoms with Crippen LogP contribution in [0.3, 0.4) is 0 Å². The number of nitrogens with zero attached hydrogens (tertiary/aromatic N) is 1. The van der Waals surface area contributed by atoms with E-state index >= 15 is 0 Å². The fourth-order valence-corrected chi connectivity index (χ4v) is 3.77. The van der Waals surface area contributed by atoms with Gasteiger partial charge in [-0.2, -0.15) is 0 Å². The standard InChI is InChI=1S/C24H29N7O7/c1-12(24(37)38)29-22(35)19(8-20(32)33)31-23(36)18(7-14-10-26-11-28-14)30-21(34)16(25)6-13-9-27-17-5-3-2-4-15(13)17/h2-5,9-12,16,18-19,27H,6-8,25H2,1H3,(H,26,28)(H,29,35)(H,30,34)(H,31,36)(H,32,33)(H,37,38). The number of rotatable bonds is 13. The second-order valence-corrected chi connectivity index (χ2v) is 8.74. The minimum atomic E-state index is -1.59. The van der Waals surface area contributed by atoms with E-state index in [0.29, 0.717) is 5.69 Å². The van der Waals surface area contributed by atoms with Crippen LogP contribution in [0.2, 0.25) is 0 Å². The van der Waals surface area contributed by atoms with Gasteiger partial charge in [0.15, 0.2) is 0 Å². The summed E-state index contributed by atoms with van der Waals surface area (Å²) < 4.78 is 0. The highest BCUT2D eigenvalue weighted by Crippen LogP contribution is 2.18. The van der Waals surface area contributed by atoms with Crippen molar-refractivity contribution in [1.82, 2.24) is 30.9 Å². The number of carboxylic acids is 2. The van der Waals surface area contributed by atoms with Crippen LogP contribution in [-0.4, -0.2) is 79.0 Å². The molecule has 0 bridgehead atoms. The molecule has 0 aliphatic carbocycles. The van der Waals surface area contributed by atoms with Crippen LogP contribution < -0.4 is 21.7 Å². The number of benzene rings is 1. The molecule has 38 heavy (non-hydrogen) atoms. The lowest BCUT2D eigenvalue weighted by atomic mass is 10.0. The molecule has 3 amide bonds. The summed E-state index contributed by atoms with van der Waals surface area (Å²) in [6.45, 7) is 1.19. The Balaban J connectivity index is 1.74. The molecule has 3 rings (SSSR count). The Morgan fingerprint density at radius 2 is 1.63 bits per heavy atom. The van der Waals surface area contributed by atoms with Crippen molar-refractivity contribution in [3.63, 3.8) is 0 Å². The Bertz CT molecular complexity index is 1300. The minimum Gasteiger partial charge on any atom is -0.481 e. The van der Waals surface area contributed by atoms with E-state index in [9.17, 15) is 29.1 Å². The van der Waals surface area contributed by atoms with Crippen LogP contribution in [-0.2, 0) is 36.8 Å². The SMILES string of the molecule is CC(NC(=O)C(CC(=O)O)NC(=O)C(Cc1cnc[nH]1)NC(=O)C(N)Cc1c[nH]c2ccccc12)C(=O)O. The molecule has 0 saturated heterocycles. The third-order valence-corrected chi connectivity index (χ3v) is 5.80. The maximum atomic E-state index is 13.1. The zero-order valence-electron chi connectivity index (χ0n) is 20.4. The van der Waals surface area contributed by atoms with Crippen LogP contribution in [0.1, 0.15) is 24.6 Å². The number of aromatic amines is 2. The maximum Gasteiger partial charge on any atom is 0.325 e. The number of fused-ring (bicyclic) bond motifs is 1. The number of carbonyl (C=O) groups excluding carboxylic acids is 3. The fraction of sp³-hybridized carbons (Fsp3) is 0.333. The van der Waals surface area contributed by atoms with E-state index in [2.05, 4.69) is 30.9 Å². The molecule has 2 aromatic heterocycles. The molecule has 14 heteroatoms. The van der Waals surface area contributed by atoms with Crippen molar-refractivity contribution in [2.45, 2.75) is 50.4 Å². The fourth-order valence-electron chi connectivity index (χ4n) is 3.77. The number of carbonyl (C=O) groups is 5. The average molecular weight is 528 g/mol. The topological polar surface area (TPSA) is 232 Å². The van der Waals surface area contributed by atoms with Crippen molar-refractivity contribution < 1.29 is 34.2 Å². The minimum absolute atomic E-state index is 0.0652. The maximum absolute atomic E-state index is 13.1. The summed E-state index contributed by atoms with van der Waals surface area (Å²) in [7, 11) is 0. The van der Waals surface area contributed by atoms with Gasteiger partial charge in [0.1, 0.15) is 18.1 Å². The van der Waals surface area contributed by atoms with Gasteiger partial charge in [0.05, 0.1) is 18.8 Å². The second kappa shape index (κ2) is 12.5. The van der Waals surface area contributed by atoms with Crippen molar-refractivity contribution in [2.75, 3.05) is 0 Å². The number of nitrogens with one attached hydrogen (secondary N) is 5. The van der Waals surface area contributed by atoms with Crippen molar-refractivity contribution in [1.29, 1.82) is 0 Å². The molecule has 0 saturated carbocycles. The zero-order chi connectivity index (χ0) is 27.8. The smallest absolute Gasteiger partial charge is 0.325 e.